The first-order valence-electron chi connectivity index (χ1n) is 6.53. The first-order valence-corrected chi connectivity index (χ1v) is 7.76. The molecule has 0 aromatic carbocycles. The van der Waals surface area contributed by atoms with E-state index in [1.54, 1.807) is 4.68 Å². The fourth-order valence-electron chi connectivity index (χ4n) is 2.30. The Balaban J connectivity index is 2.15. The summed E-state index contributed by atoms with van der Waals surface area (Å²) in [5.74, 6) is 0.899. The molecular weight excluding hydrogens is 288 g/mol. The van der Waals surface area contributed by atoms with E-state index in [0.29, 0.717) is 4.99 Å². The molecule has 1 atom stereocenters. The van der Waals surface area contributed by atoms with Gasteiger partial charge in [-0.05, 0) is 32.9 Å². The molecular formula is C14H20N4S2. The molecule has 2 rings (SSSR count). The molecule has 6 heteroatoms. The van der Waals surface area contributed by atoms with Gasteiger partial charge in [0.05, 0.1) is 11.3 Å². The average molecular weight is 308 g/mol. The highest BCUT2D eigenvalue weighted by Crippen LogP contribution is 2.22. The Labute approximate surface area is 129 Å². The van der Waals surface area contributed by atoms with Gasteiger partial charge in [0.25, 0.3) is 0 Å². The quantitative estimate of drug-likeness (QED) is 0.834. The molecule has 2 aromatic rings. The summed E-state index contributed by atoms with van der Waals surface area (Å²) in [4.78, 5) is 3.10. The van der Waals surface area contributed by atoms with Crippen LogP contribution in [0, 0.1) is 13.8 Å². The van der Waals surface area contributed by atoms with Crippen molar-refractivity contribution in [3.8, 4) is 0 Å². The smallest absolute Gasteiger partial charge is 0.134 e. The van der Waals surface area contributed by atoms with E-state index in [0.717, 1.165) is 23.5 Å². The predicted molar refractivity (Wildman–Crippen MR) is 89.7 cm³/mol. The van der Waals surface area contributed by atoms with Gasteiger partial charge in [-0.15, -0.1) is 11.3 Å². The van der Waals surface area contributed by atoms with E-state index in [1.807, 2.05) is 25.3 Å². The van der Waals surface area contributed by atoms with Crippen molar-refractivity contribution < 1.29 is 0 Å². The molecule has 0 aliphatic carbocycles. The van der Waals surface area contributed by atoms with Crippen LogP contribution in [0.3, 0.4) is 0 Å². The summed E-state index contributed by atoms with van der Waals surface area (Å²) in [5, 5.41) is 7.86. The Morgan fingerprint density at radius 3 is 2.75 bits per heavy atom. The summed E-state index contributed by atoms with van der Waals surface area (Å²) in [6, 6.07) is 4.62. The number of anilines is 1. The lowest BCUT2D eigenvalue weighted by Crippen LogP contribution is -2.22. The number of nitrogens with zero attached hydrogens (tertiary/aromatic N) is 2. The zero-order chi connectivity index (χ0) is 14.9. The maximum atomic E-state index is 5.80. The van der Waals surface area contributed by atoms with E-state index in [9.17, 15) is 0 Å². The number of aromatic nitrogens is 2. The summed E-state index contributed by atoms with van der Waals surface area (Å²) in [7, 11) is 1.90. The van der Waals surface area contributed by atoms with Crippen molar-refractivity contribution in [2.24, 2.45) is 12.8 Å². The average Bonchev–Trinajstić information content (AvgIpc) is 2.83. The Bertz CT molecular complexity index is 627. The number of nitrogens with one attached hydrogen (secondary N) is 1. The van der Waals surface area contributed by atoms with Crippen molar-refractivity contribution in [1.29, 1.82) is 0 Å². The summed E-state index contributed by atoms with van der Waals surface area (Å²) >= 11 is 6.96. The number of rotatable bonds is 5. The zero-order valence-electron chi connectivity index (χ0n) is 12.2. The van der Waals surface area contributed by atoms with E-state index >= 15 is 0 Å². The van der Waals surface area contributed by atoms with Gasteiger partial charge < -0.3 is 11.1 Å². The third kappa shape index (κ3) is 3.19. The van der Waals surface area contributed by atoms with Crippen molar-refractivity contribution in [1.82, 2.24) is 9.78 Å². The second-order valence-electron chi connectivity index (χ2n) is 5.06. The first kappa shape index (κ1) is 15.0. The maximum Gasteiger partial charge on any atom is 0.134 e. The van der Waals surface area contributed by atoms with Gasteiger partial charge in [-0.1, -0.05) is 12.2 Å². The fraction of sp³-hybridized carbons (Fsp3) is 0.429. The van der Waals surface area contributed by atoms with Gasteiger partial charge >= 0.3 is 0 Å². The molecule has 0 aliphatic heterocycles. The van der Waals surface area contributed by atoms with E-state index in [-0.39, 0.29) is 6.04 Å². The van der Waals surface area contributed by atoms with E-state index in [4.69, 9.17) is 18.0 Å². The highest BCUT2D eigenvalue weighted by Gasteiger charge is 2.17. The number of thiocarbonyl (C=S) groups is 1. The summed E-state index contributed by atoms with van der Waals surface area (Å²) in [6.07, 6.45) is 0.972. The van der Waals surface area contributed by atoms with Gasteiger partial charge in [-0.25, -0.2) is 0 Å². The van der Waals surface area contributed by atoms with Crippen LogP contribution in [-0.4, -0.2) is 20.8 Å². The molecule has 2 heterocycles. The SMILES string of the molecule is Cc1ccc(CC(C)Nc2c(C(N)=S)c(C)nn2C)s1. The molecule has 20 heavy (non-hydrogen) atoms. The third-order valence-electron chi connectivity index (χ3n) is 3.16. The molecule has 1 unspecified atom stereocenters. The van der Waals surface area contributed by atoms with Crippen molar-refractivity contribution in [2.75, 3.05) is 5.32 Å². The number of hydrogen-bond donors (Lipinski definition) is 2. The second kappa shape index (κ2) is 5.93. The number of aryl methyl sites for hydroxylation is 3. The van der Waals surface area contributed by atoms with Crippen molar-refractivity contribution in [3.05, 3.63) is 33.1 Å². The fourth-order valence-corrected chi connectivity index (χ4v) is 3.56. The molecule has 108 valence electrons. The van der Waals surface area contributed by atoms with Crippen LogP contribution in [0.1, 0.15) is 27.9 Å². The molecule has 0 bridgehead atoms. The minimum atomic E-state index is 0.288. The van der Waals surface area contributed by atoms with Crippen LogP contribution in [0.4, 0.5) is 5.82 Å². The summed E-state index contributed by atoms with van der Waals surface area (Å²) in [6.45, 7) is 6.20. The molecule has 2 aromatic heterocycles. The van der Waals surface area contributed by atoms with Crippen LogP contribution in [0.25, 0.3) is 0 Å². The normalized spacial score (nSPS) is 12.4. The Hall–Kier alpha value is -1.40. The van der Waals surface area contributed by atoms with Crippen LogP contribution in [-0.2, 0) is 13.5 Å². The molecule has 3 N–H and O–H groups in total. The lowest BCUT2D eigenvalue weighted by Gasteiger charge is -2.16. The van der Waals surface area contributed by atoms with Gasteiger partial charge in [0, 0.05) is 29.3 Å². The molecule has 0 spiro atoms. The van der Waals surface area contributed by atoms with Crippen LogP contribution in [0.15, 0.2) is 12.1 Å². The molecule has 0 saturated heterocycles. The number of nitrogens with two attached hydrogens (primary N) is 1. The Morgan fingerprint density at radius 1 is 1.50 bits per heavy atom. The largest absolute Gasteiger partial charge is 0.389 e. The van der Waals surface area contributed by atoms with Gasteiger partial charge in [0.15, 0.2) is 0 Å². The van der Waals surface area contributed by atoms with Gasteiger partial charge in [0.2, 0.25) is 0 Å². The predicted octanol–water partition coefficient (Wildman–Crippen LogP) is 2.78. The number of hydrogen-bond acceptors (Lipinski definition) is 4. The molecule has 0 radical (unpaired) electrons. The topological polar surface area (TPSA) is 55.9 Å². The van der Waals surface area contributed by atoms with Crippen molar-refractivity contribution in [3.63, 3.8) is 0 Å². The molecule has 0 amide bonds. The van der Waals surface area contributed by atoms with Crippen molar-refractivity contribution >= 4 is 34.4 Å². The van der Waals surface area contributed by atoms with Crippen LogP contribution in [0.2, 0.25) is 0 Å². The van der Waals surface area contributed by atoms with Gasteiger partial charge in [-0.2, -0.15) is 5.10 Å². The zero-order valence-corrected chi connectivity index (χ0v) is 13.9. The minimum Gasteiger partial charge on any atom is -0.389 e. The van der Waals surface area contributed by atoms with E-state index in [2.05, 4.69) is 36.4 Å². The standard InChI is InChI=1S/C14H20N4S2/c1-8(7-11-6-5-9(2)20-11)16-14-12(13(15)19)10(3)17-18(14)4/h5-6,8,16H,7H2,1-4H3,(H2,15,19). The minimum absolute atomic E-state index is 0.288. The van der Waals surface area contributed by atoms with Gasteiger partial charge in [-0.3, -0.25) is 4.68 Å². The van der Waals surface area contributed by atoms with E-state index in [1.165, 1.54) is 9.75 Å². The highest BCUT2D eigenvalue weighted by molar-refractivity contribution is 7.80. The third-order valence-corrected chi connectivity index (χ3v) is 4.38. The van der Waals surface area contributed by atoms with Gasteiger partial charge in [0.1, 0.15) is 10.8 Å². The lowest BCUT2D eigenvalue weighted by molar-refractivity contribution is 0.727. The molecule has 0 aliphatic rings. The van der Waals surface area contributed by atoms with E-state index < -0.39 is 0 Å². The Morgan fingerprint density at radius 2 is 2.20 bits per heavy atom. The monoisotopic (exact) mass is 308 g/mol. The first-order chi connectivity index (χ1) is 9.38. The van der Waals surface area contributed by atoms with Crippen LogP contribution < -0.4 is 11.1 Å². The number of thiophene rings is 1. The molecule has 0 saturated carbocycles. The van der Waals surface area contributed by atoms with Crippen LogP contribution in [0.5, 0.6) is 0 Å². The summed E-state index contributed by atoms with van der Waals surface area (Å²) < 4.78 is 1.81. The Kier molecular flexibility index (Phi) is 4.45. The lowest BCUT2D eigenvalue weighted by atomic mass is 10.2. The molecule has 4 nitrogen and oxygen atoms in total. The summed E-state index contributed by atoms with van der Waals surface area (Å²) in [5.41, 5.74) is 7.51. The highest BCUT2D eigenvalue weighted by atomic mass is 32.1. The maximum absolute atomic E-state index is 5.80. The molecule has 0 fully saturated rings. The second-order valence-corrected chi connectivity index (χ2v) is 6.87. The van der Waals surface area contributed by atoms with Crippen LogP contribution >= 0.6 is 23.6 Å². The van der Waals surface area contributed by atoms with Crippen molar-refractivity contribution in [2.45, 2.75) is 33.2 Å².